The molecular formula is C13H13Cl2NS. The first-order chi connectivity index (χ1) is 8.13. The number of rotatable bonds is 3. The molecule has 1 aromatic carbocycles. The molecule has 0 fully saturated rings. The van der Waals surface area contributed by atoms with E-state index in [9.17, 15) is 0 Å². The molecule has 90 valence electrons. The van der Waals surface area contributed by atoms with E-state index < -0.39 is 0 Å². The molecule has 1 aromatic heterocycles. The second-order valence-electron chi connectivity index (χ2n) is 3.82. The minimum atomic E-state index is 0.145. The highest BCUT2D eigenvalue weighted by atomic mass is 35.5. The van der Waals surface area contributed by atoms with Crippen LogP contribution in [0.1, 0.15) is 22.0 Å². The maximum absolute atomic E-state index is 6.16. The largest absolute Gasteiger partial charge is 0.309 e. The Hall–Kier alpha value is -0.540. The maximum atomic E-state index is 6.16. The van der Waals surface area contributed by atoms with E-state index in [4.69, 9.17) is 23.2 Å². The van der Waals surface area contributed by atoms with Crippen molar-refractivity contribution in [1.29, 1.82) is 0 Å². The molecule has 1 heterocycles. The van der Waals surface area contributed by atoms with Crippen molar-refractivity contribution in [3.05, 3.63) is 55.7 Å². The van der Waals surface area contributed by atoms with E-state index in [1.165, 1.54) is 10.4 Å². The van der Waals surface area contributed by atoms with E-state index in [1.807, 2.05) is 32.2 Å². The lowest BCUT2D eigenvalue weighted by molar-refractivity contribution is 0.699. The van der Waals surface area contributed by atoms with Gasteiger partial charge in [-0.05, 0) is 43.3 Å². The zero-order valence-electron chi connectivity index (χ0n) is 9.63. The fourth-order valence-corrected chi connectivity index (χ4v) is 3.24. The summed E-state index contributed by atoms with van der Waals surface area (Å²) in [7, 11) is 1.94. The van der Waals surface area contributed by atoms with E-state index in [0.717, 1.165) is 14.9 Å². The predicted octanol–water partition coefficient (Wildman–Crippen LogP) is 4.67. The lowest BCUT2D eigenvalue weighted by atomic mass is 10.0. The molecule has 1 atom stereocenters. The van der Waals surface area contributed by atoms with Crippen LogP contribution in [0.5, 0.6) is 0 Å². The Bertz CT molecular complexity index is 522. The molecule has 0 aliphatic rings. The Kier molecular flexibility index (Phi) is 4.10. The van der Waals surface area contributed by atoms with Crippen LogP contribution < -0.4 is 5.32 Å². The quantitative estimate of drug-likeness (QED) is 0.864. The highest BCUT2D eigenvalue weighted by Gasteiger charge is 2.17. The number of hydrogen-bond donors (Lipinski definition) is 1. The van der Waals surface area contributed by atoms with E-state index in [2.05, 4.69) is 17.4 Å². The van der Waals surface area contributed by atoms with Crippen molar-refractivity contribution in [2.45, 2.75) is 13.0 Å². The van der Waals surface area contributed by atoms with Gasteiger partial charge in [-0.3, -0.25) is 0 Å². The summed E-state index contributed by atoms with van der Waals surface area (Å²) in [5.74, 6) is 0. The molecule has 0 bridgehead atoms. The molecule has 0 aliphatic heterocycles. The van der Waals surface area contributed by atoms with Crippen molar-refractivity contribution in [3.8, 4) is 0 Å². The third-order valence-corrected chi connectivity index (χ3v) is 4.49. The van der Waals surface area contributed by atoms with Crippen molar-refractivity contribution in [2.24, 2.45) is 0 Å². The van der Waals surface area contributed by atoms with Crippen molar-refractivity contribution in [1.82, 2.24) is 5.32 Å². The van der Waals surface area contributed by atoms with E-state index in [0.29, 0.717) is 0 Å². The first-order valence-electron chi connectivity index (χ1n) is 5.31. The zero-order valence-corrected chi connectivity index (χ0v) is 12.0. The normalized spacial score (nSPS) is 12.7. The van der Waals surface area contributed by atoms with Crippen LogP contribution in [0.2, 0.25) is 9.36 Å². The van der Waals surface area contributed by atoms with Gasteiger partial charge >= 0.3 is 0 Å². The molecule has 1 unspecified atom stereocenters. The standard InChI is InChI=1S/C13H13Cl2NS/c1-8-9(4-3-5-10(8)14)13(16-2)11-6-7-12(15)17-11/h3-7,13,16H,1-2H3. The molecule has 0 saturated carbocycles. The van der Waals surface area contributed by atoms with Gasteiger partial charge in [0.25, 0.3) is 0 Å². The van der Waals surface area contributed by atoms with Crippen LogP contribution in [0.25, 0.3) is 0 Å². The van der Waals surface area contributed by atoms with Crippen LogP contribution in [0.4, 0.5) is 0 Å². The average molecular weight is 286 g/mol. The van der Waals surface area contributed by atoms with Gasteiger partial charge in [0.05, 0.1) is 10.4 Å². The topological polar surface area (TPSA) is 12.0 Å². The van der Waals surface area contributed by atoms with Gasteiger partial charge in [-0.25, -0.2) is 0 Å². The van der Waals surface area contributed by atoms with Gasteiger partial charge in [-0.15, -0.1) is 11.3 Å². The van der Waals surface area contributed by atoms with Crippen molar-refractivity contribution >= 4 is 34.5 Å². The summed E-state index contributed by atoms with van der Waals surface area (Å²) in [5.41, 5.74) is 2.30. The summed E-state index contributed by atoms with van der Waals surface area (Å²) >= 11 is 13.7. The Morgan fingerprint density at radius 3 is 2.53 bits per heavy atom. The number of thiophene rings is 1. The Labute approximate surface area is 115 Å². The monoisotopic (exact) mass is 285 g/mol. The van der Waals surface area contributed by atoms with Gasteiger partial charge in [0.1, 0.15) is 0 Å². The Morgan fingerprint density at radius 2 is 1.94 bits per heavy atom. The minimum Gasteiger partial charge on any atom is -0.309 e. The highest BCUT2D eigenvalue weighted by Crippen LogP contribution is 2.33. The van der Waals surface area contributed by atoms with Crippen molar-refractivity contribution in [2.75, 3.05) is 7.05 Å². The molecule has 2 aromatic rings. The van der Waals surface area contributed by atoms with Crippen molar-refractivity contribution in [3.63, 3.8) is 0 Å². The summed E-state index contributed by atoms with van der Waals surface area (Å²) in [5, 5.41) is 4.11. The summed E-state index contributed by atoms with van der Waals surface area (Å²) in [6, 6.07) is 10.1. The summed E-state index contributed by atoms with van der Waals surface area (Å²) in [6.07, 6.45) is 0. The number of nitrogens with one attached hydrogen (secondary N) is 1. The smallest absolute Gasteiger partial charge is 0.0931 e. The van der Waals surface area contributed by atoms with E-state index >= 15 is 0 Å². The number of benzene rings is 1. The van der Waals surface area contributed by atoms with Crippen LogP contribution in [-0.4, -0.2) is 7.05 Å². The fourth-order valence-electron chi connectivity index (χ4n) is 1.87. The van der Waals surface area contributed by atoms with Gasteiger partial charge < -0.3 is 5.32 Å². The van der Waals surface area contributed by atoms with Gasteiger partial charge in [-0.2, -0.15) is 0 Å². The summed E-state index contributed by atoms with van der Waals surface area (Å²) < 4.78 is 0.805. The molecule has 0 radical (unpaired) electrons. The van der Waals surface area contributed by atoms with Crippen LogP contribution in [0, 0.1) is 6.92 Å². The summed E-state index contributed by atoms with van der Waals surface area (Å²) in [6.45, 7) is 2.04. The van der Waals surface area contributed by atoms with Gasteiger partial charge in [0, 0.05) is 9.90 Å². The second-order valence-corrected chi connectivity index (χ2v) is 5.97. The van der Waals surface area contributed by atoms with Crippen LogP contribution >= 0.6 is 34.5 Å². The molecule has 2 rings (SSSR count). The van der Waals surface area contributed by atoms with Crippen LogP contribution in [0.15, 0.2) is 30.3 Å². The molecule has 0 spiro atoms. The third kappa shape index (κ3) is 2.66. The maximum Gasteiger partial charge on any atom is 0.0931 e. The lowest BCUT2D eigenvalue weighted by Gasteiger charge is -2.18. The highest BCUT2D eigenvalue weighted by molar-refractivity contribution is 7.16. The van der Waals surface area contributed by atoms with Gasteiger partial charge in [0.2, 0.25) is 0 Å². The molecule has 0 aliphatic carbocycles. The van der Waals surface area contributed by atoms with Crippen molar-refractivity contribution < 1.29 is 0 Å². The van der Waals surface area contributed by atoms with E-state index in [-0.39, 0.29) is 6.04 Å². The number of halogens is 2. The molecule has 1 N–H and O–H groups in total. The minimum absolute atomic E-state index is 0.145. The first-order valence-corrected chi connectivity index (χ1v) is 6.88. The fraction of sp³-hybridized carbons (Fsp3) is 0.231. The molecule has 0 amide bonds. The van der Waals surface area contributed by atoms with Gasteiger partial charge in [0.15, 0.2) is 0 Å². The first kappa shape index (κ1) is 12.9. The van der Waals surface area contributed by atoms with Crippen LogP contribution in [0.3, 0.4) is 0 Å². The Balaban J connectivity index is 2.45. The van der Waals surface area contributed by atoms with Gasteiger partial charge in [-0.1, -0.05) is 35.3 Å². The average Bonchev–Trinajstić information content (AvgIpc) is 2.72. The molecule has 1 nitrogen and oxygen atoms in total. The van der Waals surface area contributed by atoms with E-state index in [1.54, 1.807) is 11.3 Å². The SMILES string of the molecule is CNC(c1ccc(Cl)s1)c1cccc(Cl)c1C. The van der Waals surface area contributed by atoms with Crippen LogP contribution in [-0.2, 0) is 0 Å². The molecule has 0 saturated heterocycles. The summed E-state index contributed by atoms with van der Waals surface area (Å²) in [4.78, 5) is 1.20. The second kappa shape index (κ2) is 5.40. The predicted molar refractivity (Wildman–Crippen MR) is 76.4 cm³/mol. The Morgan fingerprint density at radius 1 is 1.18 bits per heavy atom. The molecule has 17 heavy (non-hydrogen) atoms. The molecule has 4 heteroatoms. The zero-order chi connectivity index (χ0) is 12.4. The number of hydrogen-bond acceptors (Lipinski definition) is 2. The lowest BCUT2D eigenvalue weighted by Crippen LogP contribution is -2.17. The third-order valence-electron chi connectivity index (χ3n) is 2.79. The molecular weight excluding hydrogens is 273 g/mol.